The van der Waals surface area contributed by atoms with E-state index < -0.39 is 0 Å². The Hall–Kier alpha value is -1.68. The van der Waals surface area contributed by atoms with E-state index in [1.807, 2.05) is 32.3 Å². The lowest BCUT2D eigenvalue weighted by molar-refractivity contribution is 0.797. The van der Waals surface area contributed by atoms with E-state index in [2.05, 4.69) is 20.3 Å². The van der Waals surface area contributed by atoms with Gasteiger partial charge in [-0.3, -0.25) is 4.98 Å². The molecule has 0 atom stereocenters. The number of rotatable bonds is 3. The van der Waals surface area contributed by atoms with Gasteiger partial charge in [0.1, 0.15) is 5.69 Å². The number of aromatic amines is 1. The molecule has 78 valence electrons. The van der Waals surface area contributed by atoms with Crippen molar-refractivity contribution < 1.29 is 0 Å². The van der Waals surface area contributed by atoms with Crippen LogP contribution in [-0.2, 0) is 6.54 Å². The number of H-pyrrole nitrogens is 1. The summed E-state index contributed by atoms with van der Waals surface area (Å²) in [5, 5.41) is 3.07. The second-order valence-corrected chi connectivity index (χ2v) is 3.51. The molecule has 2 aromatic rings. The lowest BCUT2D eigenvalue weighted by Gasteiger charge is -1.97. The average molecular weight is 202 g/mol. The number of hydrogen-bond donors (Lipinski definition) is 2. The molecule has 0 aromatic carbocycles. The first-order valence-electron chi connectivity index (χ1n) is 4.91. The van der Waals surface area contributed by atoms with Gasteiger partial charge in [-0.2, -0.15) is 0 Å². The van der Waals surface area contributed by atoms with Gasteiger partial charge < -0.3 is 10.3 Å². The zero-order valence-electron chi connectivity index (χ0n) is 8.91. The van der Waals surface area contributed by atoms with Gasteiger partial charge >= 0.3 is 0 Å². The number of nitrogens with zero attached hydrogens (tertiary/aromatic N) is 2. The molecular formula is C11H14N4. The zero-order chi connectivity index (χ0) is 10.7. The van der Waals surface area contributed by atoms with Gasteiger partial charge in [-0.15, -0.1) is 0 Å². The van der Waals surface area contributed by atoms with E-state index in [1.54, 1.807) is 6.20 Å². The lowest BCUT2D eigenvalue weighted by Crippen LogP contribution is -2.04. The number of nitrogens with one attached hydrogen (secondary N) is 2. The highest BCUT2D eigenvalue weighted by atomic mass is 15.0. The molecule has 0 amide bonds. The van der Waals surface area contributed by atoms with Crippen molar-refractivity contribution in [2.24, 2.45) is 0 Å². The number of imidazole rings is 1. The van der Waals surface area contributed by atoms with Crippen LogP contribution in [0.3, 0.4) is 0 Å². The minimum atomic E-state index is 0.790. The normalized spacial score (nSPS) is 10.5. The van der Waals surface area contributed by atoms with E-state index in [1.165, 1.54) is 5.56 Å². The summed E-state index contributed by atoms with van der Waals surface area (Å²) in [5.74, 6) is 0.823. The SMILES string of the molecule is CNCc1cnc(-c2cc(C)ccn2)[nH]1. The van der Waals surface area contributed by atoms with Crippen LogP contribution < -0.4 is 5.32 Å². The Bertz CT molecular complexity index is 447. The highest BCUT2D eigenvalue weighted by Crippen LogP contribution is 2.13. The topological polar surface area (TPSA) is 53.6 Å². The van der Waals surface area contributed by atoms with Crippen molar-refractivity contribution in [1.82, 2.24) is 20.3 Å². The van der Waals surface area contributed by atoms with Crippen molar-refractivity contribution in [3.63, 3.8) is 0 Å². The van der Waals surface area contributed by atoms with E-state index in [0.717, 1.165) is 23.8 Å². The van der Waals surface area contributed by atoms with Crippen molar-refractivity contribution in [2.75, 3.05) is 7.05 Å². The summed E-state index contributed by atoms with van der Waals surface area (Å²) in [6, 6.07) is 3.99. The molecule has 0 radical (unpaired) electrons. The van der Waals surface area contributed by atoms with Crippen LogP contribution in [0.1, 0.15) is 11.3 Å². The second-order valence-electron chi connectivity index (χ2n) is 3.51. The monoisotopic (exact) mass is 202 g/mol. The Morgan fingerprint density at radius 1 is 1.40 bits per heavy atom. The molecule has 2 N–H and O–H groups in total. The fraction of sp³-hybridized carbons (Fsp3) is 0.273. The first kappa shape index (κ1) is 9.86. The van der Waals surface area contributed by atoms with Crippen molar-refractivity contribution in [3.05, 3.63) is 35.8 Å². The van der Waals surface area contributed by atoms with Gasteiger partial charge in [-0.1, -0.05) is 0 Å². The third kappa shape index (κ3) is 2.22. The smallest absolute Gasteiger partial charge is 0.156 e. The van der Waals surface area contributed by atoms with E-state index in [0.29, 0.717) is 0 Å². The molecule has 2 rings (SSSR count). The Kier molecular flexibility index (Phi) is 2.78. The van der Waals surface area contributed by atoms with Gasteiger partial charge in [0.05, 0.1) is 6.20 Å². The van der Waals surface area contributed by atoms with Gasteiger partial charge in [0.25, 0.3) is 0 Å². The second kappa shape index (κ2) is 4.23. The lowest BCUT2D eigenvalue weighted by atomic mass is 10.2. The molecule has 0 bridgehead atoms. The van der Waals surface area contributed by atoms with Crippen LogP contribution in [-0.4, -0.2) is 22.0 Å². The van der Waals surface area contributed by atoms with Crippen molar-refractivity contribution >= 4 is 0 Å². The minimum Gasteiger partial charge on any atom is -0.339 e. The quantitative estimate of drug-likeness (QED) is 0.793. The summed E-state index contributed by atoms with van der Waals surface area (Å²) < 4.78 is 0. The van der Waals surface area contributed by atoms with Gasteiger partial charge in [0.2, 0.25) is 0 Å². The molecule has 0 unspecified atom stereocenters. The highest BCUT2D eigenvalue weighted by molar-refractivity contribution is 5.50. The number of aryl methyl sites for hydroxylation is 1. The number of hydrogen-bond acceptors (Lipinski definition) is 3. The van der Waals surface area contributed by atoms with Crippen molar-refractivity contribution in [3.8, 4) is 11.5 Å². The molecule has 0 spiro atoms. The average Bonchev–Trinajstić information content (AvgIpc) is 2.67. The molecule has 0 aliphatic carbocycles. The molecule has 2 heterocycles. The van der Waals surface area contributed by atoms with E-state index >= 15 is 0 Å². The van der Waals surface area contributed by atoms with E-state index in [4.69, 9.17) is 0 Å². The van der Waals surface area contributed by atoms with Gasteiger partial charge in [0.15, 0.2) is 5.82 Å². The molecule has 0 aliphatic heterocycles. The highest BCUT2D eigenvalue weighted by Gasteiger charge is 2.03. The number of aromatic nitrogens is 3. The van der Waals surface area contributed by atoms with Gasteiger partial charge in [-0.25, -0.2) is 4.98 Å². The Labute approximate surface area is 88.8 Å². The Morgan fingerprint density at radius 3 is 3.00 bits per heavy atom. The van der Waals surface area contributed by atoms with E-state index in [9.17, 15) is 0 Å². The predicted molar refractivity (Wildman–Crippen MR) is 59.3 cm³/mol. The third-order valence-electron chi connectivity index (χ3n) is 2.15. The molecule has 0 saturated heterocycles. The molecule has 0 saturated carbocycles. The number of pyridine rings is 1. The van der Waals surface area contributed by atoms with Gasteiger partial charge in [-0.05, 0) is 31.7 Å². The molecule has 2 aromatic heterocycles. The van der Waals surface area contributed by atoms with Crippen molar-refractivity contribution in [1.29, 1.82) is 0 Å². The molecule has 0 fully saturated rings. The maximum absolute atomic E-state index is 4.29. The fourth-order valence-corrected chi connectivity index (χ4v) is 1.44. The van der Waals surface area contributed by atoms with Crippen LogP contribution in [0.25, 0.3) is 11.5 Å². The summed E-state index contributed by atoms with van der Waals surface area (Å²) in [6.07, 6.45) is 3.63. The van der Waals surface area contributed by atoms with Crippen molar-refractivity contribution in [2.45, 2.75) is 13.5 Å². The summed E-state index contributed by atoms with van der Waals surface area (Å²) in [4.78, 5) is 11.8. The largest absolute Gasteiger partial charge is 0.339 e. The van der Waals surface area contributed by atoms with E-state index in [-0.39, 0.29) is 0 Å². The van der Waals surface area contributed by atoms with Crippen LogP contribution in [0.15, 0.2) is 24.5 Å². The maximum atomic E-state index is 4.29. The Morgan fingerprint density at radius 2 is 2.27 bits per heavy atom. The maximum Gasteiger partial charge on any atom is 0.156 e. The minimum absolute atomic E-state index is 0.790. The standard InChI is InChI=1S/C11H14N4/c1-8-3-4-13-10(5-8)11-14-7-9(15-11)6-12-2/h3-5,7,12H,6H2,1-2H3,(H,14,15). The third-order valence-corrected chi connectivity index (χ3v) is 2.15. The Balaban J connectivity index is 2.29. The van der Waals surface area contributed by atoms with Crippen LogP contribution >= 0.6 is 0 Å². The first-order chi connectivity index (χ1) is 7.29. The summed E-state index contributed by atoms with van der Waals surface area (Å²) in [5.41, 5.74) is 3.14. The van der Waals surface area contributed by atoms with Crippen LogP contribution in [0.4, 0.5) is 0 Å². The van der Waals surface area contributed by atoms with Crippen LogP contribution in [0.5, 0.6) is 0 Å². The van der Waals surface area contributed by atoms with Gasteiger partial charge in [0, 0.05) is 18.4 Å². The van der Waals surface area contributed by atoms with Crippen LogP contribution in [0.2, 0.25) is 0 Å². The summed E-state index contributed by atoms with van der Waals surface area (Å²) in [6.45, 7) is 2.83. The molecule has 4 nitrogen and oxygen atoms in total. The fourth-order valence-electron chi connectivity index (χ4n) is 1.44. The first-order valence-corrected chi connectivity index (χ1v) is 4.91. The predicted octanol–water partition coefficient (Wildman–Crippen LogP) is 1.50. The molecular weight excluding hydrogens is 188 g/mol. The molecule has 0 aliphatic rings. The molecule has 4 heteroatoms. The molecule has 15 heavy (non-hydrogen) atoms. The summed E-state index contributed by atoms with van der Waals surface area (Å²) in [7, 11) is 1.91. The zero-order valence-corrected chi connectivity index (χ0v) is 8.91. The summed E-state index contributed by atoms with van der Waals surface area (Å²) >= 11 is 0. The van der Waals surface area contributed by atoms with Crippen LogP contribution in [0, 0.1) is 6.92 Å².